The number of pyridine rings is 1. The lowest BCUT2D eigenvalue weighted by molar-refractivity contribution is -0.742. The van der Waals surface area contributed by atoms with E-state index in [1.165, 1.54) is 4.40 Å². The number of nitrogens with zero attached hydrogens (tertiary/aromatic N) is 3. The third kappa shape index (κ3) is 4.65. The van der Waals surface area contributed by atoms with Crippen LogP contribution in [0.5, 0.6) is 0 Å². The molecule has 0 fully saturated rings. The van der Waals surface area contributed by atoms with Gasteiger partial charge in [-0.2, -0.15) is 22.1 Å². The number of aryl methyl sites for hydroxylation is 2. The molecule has 10 heteroatoms. The predicted molar refractivity (Wildman–Crippen MR) is 143 cm³/mol. The Hall–Kier alpha value is -3.56. The molecule has 0 atom stereocenters. The zero-order valence-electron chi connectivity index (χ0n) is 23.7. The first-order valence-electron chi connectivity index (χ1n) is 14.2. The molecule has 4 aromatic rings. The number of benzene rings is 1. The number of rotatable bonds is 8. The number of hydrogen-bond acceptors (Lipinski definition) is 2. The van der Waals surface area contributed by atoms with Gasteiger partial charge in [0.15, 0.2) is 12.0 Å². The number of aromatic nitrogens is 3. The van der Waals surface area contributed by atoms with Crippen molar-refractivity contribution >= 4 is 11.1 Å². The molecule has 1 aromatic carbocycles. The fourth-order valence-electron chi connectivity index (χ4n) is 6.36. The van der Waals surface area contributed by atoms with Crippen molar-refractivity contribution in [1.29, 1.82) is 0 Å². The van der Waals surface area contributed by atoms with Crippen LogP contribution in [0.1, 0.15) is 82.4 Å². The van der Waals surface area contributed by atoms with Crippen LogP contribution in [0.2, 0.25) is 0 Å². The van der Waals surface area contributed by atoms with Crippen LogP contribution in [0, 0.1) is 11.6 Å². The van der Waals surface area contributed by atoms with Crippen molar-refractivity contribution in [2.24, 2.45) is 7.05 Å². The van der Waals surface area contributed by atoms with E-state index in [1.54, 1.807) is 41.0 Å². The van der Waals surface area contributed by atoms with Crippen LogP contribution in [0.4, 0.5) is 22.0 Å². The van der Waals surface area contributed by atoms with Crippen LogP contribution in [0.15, 0.2) is 46.1 Å². The van der Waals surface area contributed by atoms with Gasteiger partial charge in [-0.3, -0.25) is 0 Å². The minimum absolute atomic E-state index is 0.0345. The van der Waals surface area contributed by atoms with E-state index in [-0.39, 0.29) is 33.5 Å². The lowest BCUT2D eigenvalue weighted by Crippen LogP contribution is -2.61. The lowest BCUT2D eigenvalue weighted by atomic mass is 9.74. The zero-order valence-corrected chi connectivity index (χ0v) is 23.7. The molecule has 0 unspecified atom stereocenters. The topological polar surface area (TPSA) is 42.4 Å². The third-order valence-corrected chi connectivity index (χ3v) is 8.43. The minimum Gasteiger partial charge on any atom is -0.382 e. The second-order valence-electron chi connectivity index (χ2n) is 10.9. The fourth-order valence-corrected chi connectivity index (χ4v) is 6.36. The van der Waals surface area contributed by atoms with E-state index < -0.39 is 34.5 Å². The van der Waals surface area contributed by atoms with Gasteiger partial charge in [0.25, 0.3) is 11.8 Å². The standard InChI is InChI=1S/C31H34F5N3O2/c1-5-8-9-10-11-12-19-13-14-39-22(15-19)24-20(16-21(32)26(27(24)33)31(34,35)36)25(30(39,6-2)7-3)28-38-18-37(4)17-23(38)29(40)41-28/h13-18H,5-12H2,1-4H3/q+2. The summed E-state index contributed by atoms with van der Waals surface area (Å²) in [4.78, 5) is 12.8. The van der Waals surface area contributed by atoms with Gasteiger partial charge in [0, 0.05) is 30.5 Å². The molecule has 5 nitrogen and oxygen atoms in total. The molecule has 0 bridgehead atoms. The highest BCUT2D eigenvalue weighted by Crippen LogP contribution is 2.47. The van der Waals surface area contributed by atoms with E-state index in [0.29, 0.717) is 19.3 Å². The smallest absolute Gasteiger partial charge is 0.382 e. The summed E-state index contributed by atoms with van der Waals surface area (Å²) in [5, 5.41) is 0. The summed E-state index contributed by atoms with van der Waals surface area (Å²) < 4.78 is 83.8. The predicted octanol–water partition coefficient (Wildman–Crippen LogP) is 5.93. The molecular formula is C31H34F5N3O2+2. The lowest BCUT2D eigenvalue weighted by Gasteiger charge is -2.34. The van der Waals surface area contributed by atoms with Crippen molar-refractivity contribution in [3.8, 4) is 11.3 Å². The first kappa shape index (κ1) is 29.0. The van der Waals surface area contributed by atoms with Gasteiger partial charge in [-0.15, -0.1) is 0 Å². The van der Waals surface area contributed by atoms with Crippen LogP contribution in [-0.4, -0.2) is 4.40 Å². The van der Waals surface area contributed by atoms with Crippen molar-refractivity contribution in [3.63, 3.8) is 0 Å². The Kier molecular flexibility index (Phi) is 7.55. The second kappa shape index (κ2) is 10.7. The normalized spacial score (nSPS) is 15.8. The fraction of sp³-hybridized carbons (Fsp3) is 0.452. The molecule has 0 radical (unpaired) electrons. The van der Waals surface area contributed by atoms with Crippen LogP contribution in [0.3, 0.4) is 0 Å². The number of hydrogen-bond donors (Lipinski definition) is 0. The van der Waals surface area contributed by atoms with Gasteiger partial charge in [-0.1, -0.05) is 46.5 Å². The number of alkyl halides is 3. The van der Waals surface area contributed by atoms with Crippen LogP contribution >= 0.6 is 0 Å². The molecule has 0 saturated carbocycles. The Morgan fingerprint density at radius 1 is 1.02 bits per heavy atom. The summed E-state index contributed by atoms with van der Waals surface area (Å²) in [6.45, 7) is 5.93. The number of oxazole rings is 1. The van der Waals surface area contributed by atoms with Crippen molar-refractivity contribution in [2.45, 2.75) is 83.9 Å². The van der Waals surface area contributed by atoms with E-state index in [4.69, 9.17) is 4.42 Å². The molecule has 4 heterocycles. The van der Waals surface area contributed by atoms with Crippen molar-refractivity contribution in [2.75, 3.05) is 0 Å². The molecule has 1 aliphatic heterocycles. The molecule has 3 aromatic heterocycles. The summed E-state index contributed by atoms with van der Waals surface area (Å²) in [6, 6.07) is 4.38. The Labute approximate surface area is 234 Å². The average molecular weight is 576 g/mol. The first-order chi connectivity index (χ1) is 19.5. The van der Waals surface area contributed by atoms with Gasteiger partial charge in [0.05, 0.1) is 12.6 Å². The van der Waals surface area contributed by atoms with Gasteiger partial charge in [0.1, 0.15) is 23.2 Å². The molecule has 0 saturated heterocycles. The molecule has 0 amide bonds. The van der Waals surface area contributed by atoms with Gasteiger partial charge in [-0.05, 0) is 24.5 Å². The van der Waals surface area contributed by atoms with Crippen molar-refractivity contribution in [1.82, 2.24) is 4.40 Å². The highest BCUT2D eigenvalue weighted by Gasteiger charge is 2.53. The van der Waals surface area contributed by atoms with Crippen molar-refractivity contribution < 1.29 is 35.5 Å². The van der Waals surface area contributed by atoms with E-state index in [9.17, 15) is 18.0 Å². The summed E-state index contributed by atoms with van der Waals surface area (Å²) in [5.41, 5.74) is -2.36. The Balaban J connectivity index is 1.88. The zero-order chi connectivity index (χ0) is 29.7. The molecule has 0 spiro atoms. The molecular weight excluding hydrogens is 541 g/mol. The molecule has 41 heavy (non-hydrogen) atoms. The van der Waals surface area contributed by atoms with E-state index in [2.05, 4.69) is 6.92 Å². The molecule has 5 rings (SSSR count). The number of imidazole rings is 1. The number of fused-ring (bicyclic) bond motifs is 4. The molecule has 218 valence electrons. The maximum atomic E-state index is 16.1. The maximum absolute atomic E-state index is 16.1. The number of unbranched alkanes of at least 4 members (excludes halogenated alkanes) is 4. The first-order valence-corrected chi connectivity index (χ1v) is 14.2. The summed E-state index contributed by atoms with van der Waals surface area (Å²) in [7, 11) is 1.71. The minimum atomic E-state index is -5.25. The highest BCUT2D eigenvalue weighted by atomic mass is 19.4. The Morgan fingerprint density at radius 2 is 1.73 bits per heavy atom. The van der Waals surface area contributed by atoms with Crippen LogP contribution < -0.4 is 20.3 Å². The monoisotopic (exact) mass is 575 g/mol. The van der Waals surface area contributed by atoms with Gasteiger partial charge >= 0.3 is 17.3 Å². The Bertz CT molecular complexity index is 1730. The van der Waals surface area contributed by atoms with Gasteiger partial charge in [-0.25, -0.2) is 18.1 Å². The number of halogens is 5. The molecule has 1 aliphatic rings. The van der Waals surface area contributed by atoms with Crippen LogP contribution in [-0.2, 0) is 25.2 Å². The van der Waals surface area contributed by atoms with Gasteiger partial charge < -0.3 is 4.42 Å². The SMILES string of the molecule is CCCCCCCc1cc[n+]2c(c1)-c1c(cc(F)c(C(F)(F)F)c1F)C(=c1oc(=O)c3c[n+](C)cn13)C2(CC)CC. The summed E-state index contributed by atoms with van der Waals surface area (Å²) in [5.74, 6) is -3.39. The van der Waals surface area contributed by atoms with E-state index in [1.807, 2.05) is 19.9 Å². The summed E-state index contributed by atoms with van der Waals surface area (Å²) >= 11 is 0. The average Bonchev–Trinajstić information content (AvgIpc) is 3.44. The molecule has 0 N–H and O–H groups in total. The highest BCUT2D eigenvalue weighted by molar-refractivity contribution is 5.84. The molecule has 0 aliphatic carbocycles. The third-order valence-electron chi connectivity index (χ3n) is 8.43. The van der Waals surface area contributed by atoms with E-state index in [0.717, 1.165) is 43.7 Å². The largest absolute Gasteiger partial charge is 0.422 e. The second-order valence-corrected chi connectivity index (χ2v) is 10.9. The maximum Gasteiger partial charge on any atom is 0.422 e. The summed E-state index contributed by atoms with van der Waals surface area (Å²) in [6.07, 6.45) is 6.42. The Morgan fingerprint density at radius 3 is 2.39 bits per heavy atom. The quantitative estimate of drug-likeness (QED) is 0.149. The van der Waals surface area contributed by atoms with Gasteiger partial charge in [0.2, 0.25) is 11.2 Å². The van der Waals surface area contributed by atoms with Crippen molar-refractivity contribution in [3.05, 3.63) is 81.2 Å². The van der Waals surface area contributed by atoms with Crippen LogP contribution in [0.25, 0.3) is 22.3 Å². The van der Waals surface area contributed by atoms with E-state index >= 15 is 8.78 Å².